The molecule has 0 atom stereocenters. The van der Waals surface area contributed by atoms with Gasteiger partial charge in [-0.3, -0.25) is 9.10 Å². The molecule has 3 aromatic rings. The third kappa shape index (κ3) is 5.64. The Morgan fingerprint density at radius 3 is 2.13 bits per heavy atom. The number of rotatable bonds is 8. The van der Waals surface area contributed by atoms with E-state index in [0.29, 0.717) is 23.0 Å². The molecule has 162 valence electrons. The first kappa shape index (κ1) is 22.4. The Kier molecular flexibility index (Phi) is 6.97. The molecule has 0 unspecified atom stereocenters. The van der Waals surface area contributed by atoms with Gasteiger partial charge in [-0.1, -0.05) is 44.2 Å². The number of sulfonamides is 1. The molecule has 1 amide bonds. The number of nitrogens with one attached hydrogen (secondary N) is 1. The van der Waals surface area contributed by atoms with Crippen LogP contribution >= 0.6 is 0 Å². The van der Waals surface area contributed by atoms with Gasteiger partial charge in [0.05, 0.1) is 10.6 Å². The van der Waals surface area contributed by atoms with Gasteiger partial charge in [0.15, 0.2) is 6.61 Å². The number of ether oxygens (including phenoxy) is 1. The van der Waals surface area contributed by atoms with E-state index < -0.39 is 10.0 Å². The summed E-state index contributed by atoms with van der Waals surface area (Å²) in [6, 6.07) is 22.5. The minimum atomic E-state index is -3.65. The van der Waals surface area contributed by atoms with Gasteiger partial charge in [0.2, 0.25) is 0 Å². The van der Waals surface area contributed by atoms with Crippen LogP contribution in [0.3, 0.4) is 0 Å². The summed E-state index contributed by atoms with van der Waals surface area (Å²) in [6.07, 6.45) is 0. The molecule has 0 aliphatic carbocycles. The summed E-state index contributed by atoms with van der Waals surface area (Å²) in [4.78, 5) is 12.4. The second-order valence-electron chi connectivity index (χ2n) is 7.39. The molecule has 3 aromatic carbocycles. The zero-order chi connectivity index (χ0) is 22.4. The zero-order valence-electron chi connectivity index (χ0n) is 17.8. The number of hydrogen-bond donors (Lipinski definition) is 1. The molecule has 0 spiro atoms. The van der Waals surface area contributed by atoms with E-state index in [1.54, 1.807) is 54.6 Å². The summed E-state index contributed by atoms with van der Waals surface area (Å²) in [7, 11) is -2.15. The number of amides is 1. The van der Waals surface area contributed by atoms with Crippen LogP contribution in [0.5, 0.6) is 5.75 Å². The third-order valence-electron chi connectivity index (χ3n) is 4.83. The molecule has 7 heteroatoms. The van der Waals surface area contributed by atoms with E-state index in [0.717, 1.165) is 0 Å². The van der Waals surface area contributed by atoms with Gasteiger partial charge in [-0.15, -0.1) is 0 Å². The quantitative estimate of drug-likeness (QED) is 0.555. The lowest BCUT2D eigenvalue weighted by atomic mass is 10.0. The van der Waals surface area contributed by atoms with E-state index >= 15 is 0 Å². The van der Waals surface area contributed by atoms with Crippen molar-refractivity contribution in [2.45, 2.75) is 24.7 Å². The van der Waals surface area contributed by atoms with Crippen molar-refractivity contribution in [3.8, 4) is 5.75 Å². The van der Waals surface area contributed by atoms with Crippen molar-refractivity contribution in [3.63, 3.8) is 0 Å². The summed E-state index contributed by atoms with van der Waals surface area (Å²) in [6.45, 7) is 4.08. The first-order valence-electron chi connectivity index (χ1n) is 9.94. The maximum absolute atomic E-state index is 12.7. The highest BCUT2D eigenvalue weighted by Crippen LogP contribution is 2.24. The number of anilines is 2. The van der Waals surface area contributed by atoms with Gasteiger partial charge in [-0.05, 0) is 60.0 Å². The average molecular weight is 439 g/mol. The maximum Gasteiger partial charge on any atom is 0.264 e. The topological polar surface area (TPSA) is 75.7 Å². The van der Waals surface area contributed by atoms with E-state index in [4.69, 9.17) is 4.74 Å². The summed E-state index contributed by atoms with van der Waals surface area (Å²) >= 11 is 0. The number of nitrogens with zero attached hydrogens (tertiary/aromatic N) is 1. The smallest absolute Gasteiger partial charge is 0.264 e. The van der Waals surface area contributed by atoms with Crippen LogP contribution in [0.2, 0.25) is 0 Å². The van der Waals surface area contributed by atoms with Gasteiger partial charge in [-0.2, -0.15) is 0 Å². The Hall–Kier alpha value is -3.32. The Morgan fingerprint density at radius 2 is 1.55 bits per heavy atom. The molecular formula is C24H26N2O4S. The molecule has 6 nitrogen and oxygen atoms in total. The van der Waals surface area contributed by atoms with Crippen molar-refractivity contribution in [1.82, 2.24) is 0 Å². The summed E-state index contributed by atoms with van der Waals surface area (Å²) in [5.41, 5.74) is 2.40. The standard InChI is InChI=1S/C24H26N2O4S/c1-18(2)19-9-11-20(12-10-19)25-24(27)17-30-22-15-13-21(14-16-22)26(3)31(28,29)23-7-5-4-6-8-23/h4-16,18H,17H2,1-3H3,(H,25,27). The minimum Gasteiger partial charge on any atom is -0.484 e. The Bertz CT molecular complexity index is 1110. The van der Waals surface area contributed by atoms with E-state index in [2.05, 4.69) is 19.2 Å². The predicted molar refractivity (Wildman–Crippen MR) is 123 cm³/mol. The van der Waals surface area contributed by atoms with Crippen molar-refractivity contribution >= 4 is 27.3 Å². The highest BCUT2D eigenvalue weighted by atomic mass is 32.2. The van der Waals surface area contributed by atoms with E-state index in [1.807, 2.05) is 24.3 Å². The monoisotopic (exact) mass is 438 g/mol. The van der Waals surface area contributed by atoms with Crippen LogP contribution in [0.4, 0.5) is 11.4 Å². The van der Waals surface area contributed by atoms with Crippen LogP contribution in [-0.2, 0) is 14.8 Å². The normalized spacial score (nSPS) is 11.2. The van der Waals surface area contributed by atoms with Gasteiger partial charge in [0.1, 0.15) is 5.75 Å². The van der Waals surface area contributed by atoms with E-state index in [1.165, 1.54) is 16.9 Å². The Balaban J connectivity index is 1.57. The average Bonchev–Trinajstić information content (AvgIpc) is 2.78. The summed E-state index contributed by atoms with van der Waals surface area (Å²) in [5.74, 6) is 0.627. The van der Waals surface area contributed by atoms with Gasteiger partial charge in [0.25, 0.3) is 15.9 Å². The molecule has 0 saturated carbocycles. The zero-order valence-corrected chi connectivity index (χ0v) is 18.6. The third-order valence-corrected chi connectivity index (χ3v) is 6.63. The van der Waals surface area contributed by atoms with Crippen LogP contribution in [0, 0.1) is 0 Å². The molecule has 0 aromatic heterocycles. The largest absolute Gasteiger partial charge is 0.484 e. The van der Waals surface area contributed by atoms with Crippen molar-refractivity contribution in [2.24, 2.45) is 0 Å². The molecule has 31 heavy (non-hydrogen) atoms. The molecule has 0 aliphatic heterocycles. The van der Waals surface area contributed by atoms with Gasteiger partial charge in [0, 0.05) is 12.7 Å². The Labute approximate surface area is 183 Å². The van der Waals surface area contributed by atoms with Crippen molar-refractivity contribution in [1.29, 1.82) is 0 Å². The first-order valence-corrected chi connectivity index (χ1v) is 11.4. The number of carbonyl (C=O) groups excluding carboxylic acids is 1. The van der Waals surface area contributed by atoms with Crippen LogP contribution in [0.1, 0.15) is 25.3 Å². The van der Waals surface area contributed by atoms with Crippen LogP contribution in [0.25, 0.3) is 0 Å². The van der Waals surface area contributed by atoms with Gasteiger partial charge in [-0.25, -0.2) is 8.42 Å². The van der Waals surface area contributed by atoms with Crippen molar-refractivity contribution in [2.75, 3.05) is 23.3 Å². The molecule has 0 fully saturated rings. The Morgan fingerprint density at radius 1 is 0.935 bits per heavy atom. The van der Waals surface area contributed by atoms with Crippen molar-refractivity contribution in [3.05, 3.63) is 84.4 Å². The number of benzene rings is 3. The molecule has 0 bridgehead atoms. The number of carbonyl (C=O) groups is 1. The fourth-order valence-electron chi connectivity index (χ4n) is 2.94. The van der Waals surface area contributed by atoms with Crippen LogP contribution in [-0.4, -0.2) is 28.0 Å². The lowest BCUT2D eigenvalue weighted by molar-refractivity contribution is -0.118. The van der Waals surface area contributed by atoms with Gasteiger partial charge < -0.3 is 10.1 Å². The first-order chi connectivity index (χ1) is 14.8. The maximum atomic E-state index is 12.7. The van der Waals surface area contributed by atoms with E-state index in [-0.39, 0.29) is 17.4 Å². The van der Waals surface area contributed by atoms with E-state index in [9.17, 15) is 13.2 Å². The molecule has 1 N–H and O–H groups in total. The SMILES string of the molecule is CC(C)c1ccc(NC(=O)COc2ccc(N(C)S(=O)(=O)c3ccccc3)cc2)cc1. The molecular weight excluding hydrogens is 412 g/mol. The summed E-state index contributed by atoms with van der Waals surface area (Å²) < 4.78 is 32.1. The predicted octanol–water partition coefficient (Wildman–Crippen LogP) is 4.65. The van der Waals surface area contributed by atoms with Crippen LogP contribution < -0.4 is 14.4 Å². The second-order valence-corrected chi connectivity index (χ2v) is 9.36. The van der Waals surface area contributed by atoms with Crippen molar-refractivity contribution < 1.29 is 17.9 Å². The molecule has 0 aliphatic rings. The fourth-order valence-corrected chi connectivity index (χ4v) is 4.16. The number of hydrogen-bond acceptors (Lipinski definition) is 4. The molecule has 0 saturated heterocycles. The highest BCUT2D eigenvalue weighted by molar-refractivity contribution is 7.92. The lowest BCUT2D eigenvalue weighted by Crippen LogP contribution is -2.26. The molecule has 0 radical (unpaired) electrons. The van der Waals surface area contributed by atoms with Gasteiger partial charge >= 0.3 is 0 Å². The lowest BCUT2D eigenvalue weighted by Gasteiger charge is -2.19. The summed E-state index contributed by atoms with van der Waals surface area (Å²) in [5, 5.41) is 2.79. The highest BCUT2D eigenvalue weighted by Gasteiger charge is 2.20. The molecule has 0 heterocycles. The molecule has 3 rings (SSSR count). The van der Waals surface area contributed by atoms with Crippen LogP contribution in [0.15, 0.2) is 83.8 Å². The minimum absolute atomic E-state index is 0.149. The fraction of sp³-hybridized carbons (Fsp3) is 0.208. The second kappa shape index (κ2) is 9.66.